The van der Waals surface area contributed by atoms with Crippen molar-refractivity contribution in [1.82, 2.24) is 14.1 Å². The minimum Gasteiger partial charge on any atom is -0.493 e. The number of hydrogen-bond donors (Lipinski definition) is 1. The van der Waals surface area contributed by atoms with Crippen molar-refractivity contribution in [2.75, 3.05) is 19.5 Å². The van der Waals surface area contributed by atoms with Gasteiger partial charge in [0.25, 0.3) is 0 Å². The molecule has 0 atom stereocenters. The second kappa shape index (κ2) is 12.1. The lowest BCUT2D eigenvalue weighted by Gasteiger charge is -2.15. The van der Waals surface area contributed by atoms with E-state index in [9.17, 15) is 18.8 Å². The SMILES string of the molecule is COc1cc2nccc(Oc3ccc(NC(=O)Oc4cn(C(C)C)c(=O)n(-c5ccc(F)cc5)c4=O)cc3)c2cc1OC. The lowest BCUT2D eigenvalue weighted by atomic mass is 10.2. The lowest BCUT2D eigenvalue weighted by Crippen LogP contribution is -2.40. The molecule has 0 aliphatic heterocycles. The number of fused-ring (bicyclic) bond motifs is 1. The van der Waals surface area contributed by atoms with E-state index >= 15 is 0 Å². The highest BCUT2D eigenvalue weighted by Gasteiger charge is 2.19. The van der Waals surface area contributed by atoms with Crippen LogP contribution in [0.15, 0.2) is 88.7 Å². The van der Waals surface area contributed by atoms with E-state index < -0.39 is 23.2 Å². The summed E-state index contributed by atoms with van der Waals surface area (Å²) >= 11 is 0. The first-order chi connectivity index (χ1) is 20.7. The fourth-order valence-corrected chi connectivity index (χ4v) is 4.32. The van der Waals surface area contributed by atoms with Gasteiger partial charge >= 0.3 is 17.3 Å². The van der Waals surface area contributed by atoms with E-state index in [0.29, 0.717) is 39.6 Å². The molecular weight excluding hydrogens is 559 g/mol. The summed E-state index contributed by atoms with van der Waals surface area (Å²) in [5, 5.41) is 3.26. The van der Waals surface area contributed by atoms with Crippen LogP contribution in [0, 0.1) is 5.82 Å². The predicted octanol–water partition coefficient (Wildman–Crippen LogP) is 5.69. The topological polar surface area (TPSA) is 123 Å². The molecule has 12 heteroatoms. The number of rotatable bonds is 8. The van der Waals surface area contributed by atoms with Crippen molar-refractivity contribution >= 4 is 22.7 Å². The molecule has 43 heavy (non-hydrogen) atoms. The number of ether oxygens (including phenoxy) is 4. The van der Waals surface area contributed by atoms with Gasteiger partial charge in [0.15, 0.2) is 11.5 Å². The normalized spacial score (nSPS) is 10.9. The lowest BCUT2D eigenvalue weighted by molar-refractivity contribution is 0.213. The Hall–Kier alpha value is -5.65. The summed E-state index contributed by atoms with van der Waals surface area (Å²) in [5.74, 6) is 1.17. The second-order valence-electron chi connectivity index (χ2n) is 9.57. The zero-order valence-corrected chi connectivity index (χ0v) is 23.7. The zero-order chi connectivity index (χ0) is 30.7. The molecule has 0 fully saturated rings. The van der Waals surface area contributed by atoms with Crippen LogP contribution in [0.2, 0.25) is 0 Å². The average molecular weight is 587 g/mol. The molecule has 11 nitrogen and oxygen atoms in total. The number of nitrogens with zero attached hydrogens (tertiary/aromatic N) is 3. The predicted molar refractivity (Wildman–Crippen MR) is 158 cm³/mol. The van der Waals surface area contributed by atoms with Crippen LogP contribution in [0.1, 0.15) is 19.9 Å². The number of nitrogens with one attached hydrogen (secondary N) is 1. The molecule has 0 aliphatic rings. The Morgan fingerprint density at radius 2 is 1.56 bits per heavy atom. The van der Waals surface area contributed by atoms with E-state index in [4.69, 9.17) is 18.9 Å². The van der Waals surface area contributed by atoms with Gasteiger partial charge in [-0.05, 0) is 74.5 Å². The molecule has 5 rings (SSSR count). The second-order valence-corrected chi connectivity index (χ2v) is 9.57. The van der Waals surface area contributed by atoms with Crippen LogP contribution in [0.4, 0.5) is 14.9 Å². The summed E-state index contributed by atoms with van der Waals surface area (Å²) < 4.78 is 37.6. The van der Waals surface area contributed by atoms with Gasteiger partial charge in [-0.1, -0.05) is 0 Å². The van der Waals surface area contributed by atoms with E-state index in [-0.39, 0.29) is 17.5 Å². The molecule has 1 N–H and O–H groups in total. The third-order valence-corrected chi connectivity index (χ3v) is 6.46. The summed E-state index contributed by atoms with van der Waals surface area (Å²) in [5.41, 5.74) is -0.384. The molecule has 1 amide bonds. The first-order valence-electron chi connectivity index (χ1n) is 13.1. The number of carbonyl (C=O) groups excluding carboxylic acids is 1. The molecule has 0 aliphatic carbocycles. The zero-order valence-electron chi connectivity index (χ0n) is 23.7. The molecule has 2 aromatic heterocycles. The van der Waals surface area contributed by atoms with Gasteiger partial charge in [-0.25, -0.2) is 18.5 Å². The number of methoxy groups -OCH3 is 2. The fraction of sp³-hybridized carbons (Fsp3) is 0.161. The summed E-state index contributed by atoms with van der Waals surface area (Å²) in [4.78, 5) is 43.2. The minimum absolute atomic E-state index is 0.131. The molecular formula is C31H27FN4O7. The smallest absolute Gasteiger partial charge is 0.417 e. The summed E-state index contributed by atoms with van der Waals surface area (Å²) in [7, 11) is 3.09. The maximum atomic E-state index is 13.5. The quantitative estimate of drug-likeness (QED) is 0.246. The van der Waals surface area contributed by atoms with Gasteiger partial charge in [-0.2, -0.15) is 0 Å². The standard InChI is InChI=1S/C31H27FN4O7/c1-18(2)35-17-28(29(37)36(31(35)39)21-9-5-19(32)6-10-21)43-30(38)34-20-7-11-22(12-8-20)42-25-13-14-33-24-16-27(41-4)26(40-3)15-23(24)25/h5-18H,1-4H3,(H,34,38). The third-order valence-electron chi connectivity index (χ3n) is 6.46. The Morgan fingerprint density at radius 1 is 0.884 bits per heavy atom. The molecule has 3 aromatic carbocycles. The van der Waals surface area contributed by atoms with Crippen LogP contribution < -0.4 is 35.5 Å². The van der Waals surface area contributed by atoms with Crippen LogP contribution in [0.25, 0.3) is 16.6 Å². The summed E-state index contributed by atoms with van der Waals surface area (Å²) in [6, 6.07) is 16.2. The number of anilines is 1. The molecule has 0 saturated heterocycles. The van der Waals surface area contributed by atoms with Crippen molar-refractivity contribution in [3.05, 3.63) is 106 Å². The monoisotopic (exact) mass is 586 g/mol. The molecule has 0 bridgehead atoms. The van der Waals surface area contributed by atoms with E-state index in [1.807, 2.05) is 0 Å². The molecule has 0 saturated carbocycles. The van der Waals surface area contributed by atoms with Crippen molar-refractivity contribution < 1.29 is 28.1 Å². The van der Waals surface area contributed by atoms with Crippen molar-refractivity contribution in [1.29, 1.82) is 0 Å². The third kappa shape index (κ3) is 6.03. The van der Waals surface area contributed by atoms with Crippen LogP contribution >= 0.6 is 0 Å². The Labute approximate surface area is 244 Å². The van der Waals surface area contributed by atoms with Crippen LogP contribution in [0.3, 0.4) is 0 Å². The average Bonchev–Trinajstić information content (AvgIpc) is 2.99. The highest BCUT2D eigenvalue weighted by Crippen LogP contribution is 2.37. The van der Waals surface area contributed by atoms with Gasteiger partial charge in [0.1, 0.15) is 17.3 Å². The van der Waals surface area contributed by atoms with Crippen molar-refractivity contribution in [2.24, 2.45) is 0 Å². The maximum absolute atomic E-state index is 13.5. The Morgan fingerprint density at radius 3 is 2.21 bits per heavy atom. The van der Waals surface area contributed by atoms with Gasteiger partial charge in [-0.3, -0.25) is 19.7 Å². The number of benzene rings is 3. The highest BCUT2D eigenvalue weighted by molar-refractivity contribution is 5.88. The molecule has 2 heterocycles. The number of aromatic nitrogens is 3. The van der Waals surface area contributed by atoms with Gasteiger partial charge in [0, 0.05) is 29.4 Å². The molecule has 0 spiro atoms. The van der Waals surface area contributed by atoms with Crippen LogP contribution in [0.5, 0.6) is 28.7 Å². The van der Waals surface area contributed by atoms with Crippen molar-refractivity contribution in [3.63, 3.8) is 0 Å². The number of carbonyl (C=O) groups is 1. The first-order valence-corrected chi connectivity index (χ1v) is 13.1. The van der Waals surface area contributed by atoms with Gasteiger partial charge in [0.2, 0.25) is 5.75 Å². The van der Waals surface area contributed by atoms with E-state index in [2.05, 4.69) is 10.3 Å². The molecule has 220 valence electrons. The number of halogens is 1. The Bertz CT molecular complexity index is 1920. The maximum Gasteiger partial charge on any atom is 0.417 e. The number of hydrogen-bond acceptors (Lipinski definition) is 8. The van der Waals surface area contributed by atoms with E-state index in [1.54, 1.807) is 76.7 Å². The number of amides is 1. The minimum atomic E-state index is -0.952. The van der Waals surface area contributed by atoms with Gasteiger partial charge < -0.3 is 18.9 Å². The Kier molecular flexibility index (Phi) is 8.10. The van der Waals surface area contributed by atoms with Gasteiger partial charge in [-0.15, -0.1) is 0 Å². The van der Waals surface area contributed by atoms with Crippen LogP contribution in [-0.4, -0.2) is 34.4 Å². The van der Waals surface area contributed by atoms with Crippen molar-refractivity contribution in [3.8, 4) is 34.4 Å². The van der Waals surface area contributed by atoms with Crippen molar-refractivity contribution in [2.45, 2.75) is 19.9 Å². The molecule has 5 aromatic rings. The van der Waals surface area contributed by atoms with E-state index in [0.717, 1.165) is 16.7 Å². The summed E-state index contributed by atoms with van der Waals surface area (Å²) in [6.45, 7) is 3.47. The summed E-state index contributed by atoms with van der Waals surface area (Å²) in [6.07, 6.45) is 1.84. The largest absolute Gasteiger partial charge is 0.493 e. The van der Waals surface area contributed by atoms with Gasteiger partial charge in [0.05, 0.1) is 31.6 Å². The van der Waals surface area contributed by atoms with E-state index in [1.165, 1.54) is 22.9 Å². The highest BCUT2D eigenvalue weighted by atomic mass is 19.1. The number of pyridine rings is 1. The fourth-order valence-electron chi connectivity index (χ4n) is 4.32. The molecule has 0 radical (unpaired) electrons. The van der Waals surface area contributed by atoms with Crippen LogP contribution in [-0.2, 0) is 0 Å². The molecule has 0 unspecified atom stereocenters. The Balaban J connectivity index is 1.35. The first kappa shape index (κ1) is 28.9.